The van der Waals surface area contributed by atoms with E-state index < -0.39 is 17.6 Å². The summed E-state index contributed by atoms with van der Waals surface area (Å²) in [5, 5.41) is 0. The lowest BCUT2D eigenvalue weighted by molar-refractivity contribution is -0.137. The molecule has 7 heteroatoms. The maximum Gasteiger partial charge on any atom is 0.416 e. The summed E-state index contributed by atoms with van der Waals surface area (Å²) in [7, 11) is 0. The van der Waals surface area contributed by atoms with Crippen molar-refractivity contribution in [3.8, 4) is 0 Å². The molecule has 0 unspecified atom stereocenters. The van der Waals surface area contributed by atoms with Gasteiger partial charge in [0.2, 0.25) is 0 Å². The van der Waals surface area contributed by atoms with Gasteiger partial charge in [-0.05, 0) is 49.3 Å². The monoisotopic (exact) mass is 396 g/mol. The highest BCUT2D eigenvalue weighted by atomic mass is 32.1. The Bertz CT molecular complexity index is 928. The molecule has 1 aromatic heterocycles. The van der Waals surface area contributed by atoms with Gasteiger partial charge in [-0.1, -0.05) is 26.8 Å². The molecule has 0 bridgehead atoms. The zero-order valence-corrected chi connectivity index (χ0v) is 16.7. The van der Waals surface area contributed by atoms with Gasteiger partial charge < -0.3 is 4.57 Å². The highest BCUT2D eigenvalue weighted by Gasteiger charge is 2.31. The molecule has 0 radical (unpaired) electrons. The third-order valence-corrected chi connectivity index (χ3v) is 6.22. The summed E-state index contributed by atoms with van der Waals surface area (Å²) in [4.78, 5) is 18.5. The quantitative estimate of drug-likeness (QED) is 0.691. The van der Waals surface area contributed by atoms with Crippen molar-refractivity contribution >= 4 is 17.2 Å². The molecule has 1 aliphatic carbocycles. The molecule has 1 aromatic carbocycles. The van der Waals surface area contributed by atoms with Crippen molar-refractivity contribution in [3.05, 3.63) is 50.8 Å². The second-order valence-electron chi connectivity index (χ2n) is 8.10. The fraction of sp³-hybridized carbons (Fsp3) is 0.500. The third-order valence-electron chi connectivity index (χ3n) is 4.61. The first-order valence-electron chi connectivity index (χ1n) is 8.94. The second-order valence-corrected chi connectivity index (χ2v) is 9.08. The van der Waals surface area contributed by atoms with Crippen molar-refractivity contribution in [2.24, 2.45) is 10.9 Å². The fourth-order valence-electron chi connectivity index (χ4n) is 3.02. The molecule has 2 aromatic rings. The van der Waals surface area contributed by atoms with Crippen molar-refractivity contribution in [2.75, 3.05) is 0 Å². The lowest BCUT2D eigenvalue weighted by atomic mass is 9.93. The van der Waals surface area contributed by atoms with Crippen LogP contribution in [0.15, 0.2) is 29.3 Å². The van der Waals surface area contributed by atoms with Crippen molar-refractivity contribution in [1.29, 1.82) is 0 Å². The van der Waals surface area contributed by atoms with Crippen molar-refractivity contribution in [2.45, 2.75) is 58.7 Å². The first kappa shape index (κ1) is 19.9. The molecule has 0 N–H and O–H groups in total. The summed E-state index contributed by atoms with van der Waals surface area (Å²) in [6.45, 7) is 9.13. The summed E-state index contributed by atoms with van der Waals surface area (Å²) in [6.07, 6.45) is -2.16. The van der Waals surface area contributed by atoms with Gasteiger partial charge in [0.25, 0.3) is 5.91 Å². The molecule has 3 rings (SSSR count). The Morgan fingerprint density at radius 3 is 2.48 bits per heavy atom. The van der Waals surface area contributed by atoms with Crippen LogP contribution in [0.4, 0.5) is 13.2 Å². The number of benzene rings is 1. The van der Waals surface area contributed by atoms with Gasteiger partial charge in [0.05, 0.1) is 5.56 Å². The van der Waals surface area contributed by atoms with Crippen LogP contribution in [0, 0.1) is 12.8 Å². The van der Waals surface area contributed by atoms with E-state index in [-0.39, 0.29) is 11.0 Å². The van der Waals surface area contributed by atoms with Gasteiger partial charge in [0.1, 0.15) is 0 Å². The van der Waals surface area contributed by atoms with Gasteiger partial charge in [0, 0.05) is 22.7 Å². The van der Waals surface area contributed by atoms with Crippen molar-refractivity contribution in [3.63, 3.8) is 0 Å². The minimum Gasteiger partial charge on any atom is -0.320 e. The van der Waals surface area contributed by atoms with Crippen LogP contribution in [0.1, 0.15) is 60.1 Å². The molecule has 27 heavy (non-hydrogen) atoms. The van der Waals surface area contributed by atoms with E-state index in [1.807, 2.05) is 6.92 Å². The van der Waals surface area contributed by atoms with Crippen LogP contribution in [-0.4, -0.2) is 10.5 Å². The summed E-state index contributed by atoms with van der Waals surface area (Å²) < 4.78 is 40.8. The minimum atomic E-state index is -4.49. The first-order valence-corrected chi connectivity index (χ1v) is 9.75. The van der Waals surface area contributed by atoms with Gasteiger partial charge in [-0.25, -0.2) is 0 Å². The van der Waals surface area contributed by atoms with E-state index in [2.05, 4.69) is 30.3 Å². The maximum absolute atomic E-state index is 12.9. The number of alkyl halides is 3. The lowest BCUT2D eigenvalue weighted by Gasteiger charge is -2.17. The van der Waals surface area contributed by atoms with Crippen LogP contribution in [0.25, 0.3) is 0 Å². The highest BCUT2D eigenvalue weighted by molar-refractivity contribution is 7.09. The topological polar surface area (TPSA) is 34.4 Å². The zero-order chi connectivity index (χ0) is 20.0. The van der Waals surface area contributed by atoms with Crippen LogP contribution in [-0.2, 0) is 18.1 Å². The molecule has 0 atom stereocenters. The first-order chi connectivity index (χ1) is 12.5. The van der Waals surface area contributed by atoms with E-state index in [4.69, 9.17) is 0 Å². The van der Waals surface area contributed by atoms with Gasteiger partial charge in [-0.15, -0.1) is 11.3 Å². The van der Waals surface area contributed by atoms with Gasteiger partial charge in [0.15, 0.2) is 4.80 Å². The molecule has 0 aliphatic heterocycles. The standard InChI is InChI=1S/C20H23F3N2OS/c1-12-16(19(2,3)4)27-18(25(12)11-13-8-9-13)24-17(26)14-6-5-7-15(10-14)20(21,22)23/h5-7,10,13H,8-9,11H2,1-4H3. The van der Waals surface area contributed by atoms with Crippen molar-refractivity contribution < 1.29 is 18.0 Å². The number of thiazole rings is 1. The van der Waals surface area contributed by atoms with E-state index in [0.717, 1.165) is 42.1 Å². The van der Waals surface area contributed by atoms with Crippen LogP contribution in [0.3, 0.4) is 0 Å². The number of amides is 1. The Labute approximate surface area is 160 Å². The molecule has 1 amide bonds. The number of carbonyl (C=O) groups excluding carboxylic acids is 1. The molecular formula is C20H23F3N2OS. The lowest BCUT2D eigenvalue weighted by Crippen LogP contribution is -2.20. The Morgan fingerprint density at radius 2 is 1.93 bits per heavy atom. The Kier molecular flexibility index (Phi) is 5.10. The van der Waals surface area contributed by atoms with E-state index in [9.17, 15) is 18.0 Å². The zero-order valence-electron chi connectivity index (χ0n) is 15.9. The van der Waals surface area contributed by atoms with E-state index in [0.29, 0.717) is 10.7 Å². The summed E-state index contributed by atoms with van der Waals surface area (Å²) >= 11 is 1.45. The van der Waals surface area contributed by atoms with Crippen LogP contribution in [0.2, 0.25) is 0 Å². The molecule has 0 spiro atoms. The summed E-state index contributed by atoms with van der Waals surface area (Å²) in [5.74, 6) is -0.0546. The molecule has 1 heterocycles. The SMILES string of the molecule is Cc1c(C(C)(C)C)sc(=NC(=O)c2cccc(C(F)(F)F)c2)n1CC1CC1. The van der Waals surface area contributed by atoms with Crippen LogP contribution in [0.5, 0.6) is 0 Å². The van der Waals surface area contributed by atoms with Crippen molar-refractivity contribution in [1.82, 2.24) is 4.57 Å². The fourth-order valence-corrected chi connectivity index (χ4v) is 4.22. The minimum absolute atomic E-state index is 0.0499. The van der Waals surface area contributed by atoms with Gasteiger partial charge in [-0.3, -0.25) is 4.79 Å². The molecular weight excluding hydrogens is 373 g/mol. The molecule has 3 nitrogen and oxygen atoms in total. The van der Waals surface area contributed by atoms with E-state index in [1.165, 1.54) is 23.5 Å². The summed E-state index contributed by atoms with van der Waals surface area (Å²) in [6, 6.07) is 4.43. The smallest absolute Gasteiger partial charge is 0.320 e. The Balaban J connectivity index is 2.04. The van der Waals surface area contributed by atoms with E-state index in [1.54, 1.807) is 0 Å². The molecule has 1 saturated carbocycles. The number of carbonyl (C=O) groups is 1. The Hall–Kier alpha value is -1.89. The molecule has 0 saturated heterocycles. The highest BCUT2D eigenvalue weighted by Crippen LogP contribution is 2.34. The number of nitrogens with zero attached hydrogens (tertiary/aromatic N) is 2. The van der Waals surface area contributed by atoms with E-state index >= 15 is 0 Å². The average molecular weight is 396 g/mol. The maximum atomic E-state index is 12.9. The summed E-state index contributed by atoms with van der Waals surface area (Å²) in [5.41, 5.74) is 0.0980. The number of hydrogen-bond donors (Lipinski definition) is 0. The normalized spacial score (nSPS) is 16.0. The van der Waals surface area contributed by atoms with Gasteiger partial charge in [-0.2, -0.15) is 18.2 Å². The Morgan fingerprint density at radius 1 is 1.26 bits per heavy atom. The number of halogens is 3. The van der Waals surface area contributed by atoms with Crippen LogP contribution < -0.4 is 4.80 Å². The predicted molar refractivity (Wildman–Crippen MR) is 99.8 cm³/mol. The molecule has 146 valence electrons. The number of aromatic nitrogens is 1. The third kappa shape index (κ3) is 4.51. The molecule has 1 aliphatic rings. The van der Waals surface area contributed by atoms with Crippen LogP contribution >= 0.6 is 11.3 Å². The average Bonchev–Trinajstić information content (AvgIpc) is 3.32. The number of hydrogen-bond acceptors (Lipinski definition) is 2. The van der Waals surface area contributed by atoms with Gasteiger partial charge >= 0.3 is 6.18 Å². The number of rotatable bonds is 3. The second kappa shape index (κ2) is 6.93. The predicted octanol–water partition coefficient (Wildman–Crippen LogP) is 5.33. The molecule has 1 fully saturated rings. The largest absolute Gasteiger partial charge is 0.416 e.